The highest BCUT2D eigenvalue weighted by molar-refractivity contribution is 5.77. The Labute approximate surface area is 125 Å². The lowest BCUT2D eigenvalue weighted by atomic mass is 10.1. The third-order valence-electron chi connectivity index (χ3n) is 3.38. The molecule has 1 aliphatic heterocycles. The second-order valence-corrected chi connectivity index (χ2v) is 5.08. The van der Waals surface area contributed by atoms with E-state index in [1.165, 1.54) is 0 Å². The summed E-state index contributed by atoms with van der Waals surface area (Å²) in [5, 5.41) is 0. The number of fused-ring (bicyclic) bond motifs is 1. The molecule has 0 saturated carbocycles. The van der Waals surface area contributed by atoms with E-state index in [-0.39, 0.29) is 12.5 Å². The number of hydrogen-bond acceptors (Lipinski definition) is 4. The fourth-order valence-corrected chi connectivity index (χ4v) is 2.26. The minimum absolute atomic E-state index is 0.0147. The zero-order valence-electron chi connectivity index (χ0n) is 12.8. The minimum atomic E-state index is 0.0147. The molecule has 0 spiro atoms. The smallest absolute Gasteiger partial charge is 0.248 e. The van der Waals surface area contributed by atoms with Gasteiger partial charge in [0.1, 0.15) is 19.8 Å². The van der Waals surface area contributed by atoms with E-state index in [0.717, 1.165) is 36.4 Å². The molecule has 0 N–H and O–H groups in total. The molecule has 21 heavy (non-hydrogen) atoms. The highest BCUT2D eigenvalue weighted by atomic mass is 16.6. The third-order valence-corrected chi connectivity index (χ3v) is 3.38. The lowest BCUT2D eigenvalue weighted by Gasteiger charge is -2.24. The molecule has 1 heterocycles. The van der Waals surface area contributed by atoms with Crippen LogP contribution in [-0.4, -0.2) is 44.3 Å². The van der Waals surface area contributed by atoms with Crippen molar-refractivity contribution in [2.75, 3.05) is 33.5 Å². The fraction of sp³-hybridized carbons (Fsp3) is 0.562. The minimum Gasteiger partial charge on any atom is -0.486 e. The number of methoxy groups -OCH3 is 1. The van der Waals surface area contributed by atoms with Gasteiger partial charge in [-0.15, -0.1) is 0 Å². The summed E-state index contributed by atoms with van der Waals surface area (Å²) in [6.07, 6.45) is 2.04. The summed E-state index contributed by atoms with van der Waals surface area (Å²) in [6, 6.07) is 5.84. The van der Waals surface area contributed by atoms with E-state index in [4.69, 9.17) is 14.2 Å². The second-order valence-electron chi connectivity index (χ2n) is 5.08. The van der Waals surface area contributed by atoms with E-state index in [9.17, 15) is 4.79 Å². The number of unbranched alkanes of at least 4 members (excludes halogenated alkanes) is 1. The average molecular weight is 293 g/mol. The van der Waals surface area contributed by atoms with Gasteiger partial charge in [0.05, 0.1) is 0 Å². The Morgan fingerprint density at radius 2 is 2.05 bits per heavy atom. The van der Waals surface area contributed by atoms with E-state index in [1.54, 1.807) is 7.11 Å². The number of carbonyl (C=O) groups excluding carboxylic acids is 1. The Hall–Kier alpha value is -1.75. The van der Waals surface area contributed by atoms with Crippen LogP contribution >= 0.6 is 0 Å². The van der Waals surface area contributed by atoms with Gasteiger partial charge in [0.2, 0.25) is 5.91 Å². The molecule has 0 atom stereocenters. The predicted octanol–water partition coefficient (Wildman–Crippen LogP) is 2.23. The number of benzene rings is 1. The van der Waals surface area contributed by atoms with E-state index in [0.29, 0.717) is 19.8 Å². The van der Waals surface area contributed by atoms with Crippen molar-refractivity contribution in [3.8, 4) is 11.5 Å². The lowest BCUT2D eigenvalue weighted by Crippen LogP contribution is -2.34. The summed E-state index contributed by atoms with van der Waals surface area (Å²) in [7, 11) is 1.54. The van der Waals surface area contributed by atoms with Gasteiger partial charge in [-0.1, -0.05) is 19.4 Å². The zero-order chi connectivity index (χ0) is 15.1. The van der Waals surface area contributed by atoms with Crippen LogP contribution in [0.1, 0.15) is 25.3 Å². The summed E-state index contributed by atoms with van der Waals surface area (Å²) in [4.78, 5) is 13.9. The molecule has 0 unspecified atom stereocenters. The number of nitrogens with zero attached hydrogens (tertiary/aromatic N) is 1. The first-order chi connectivity index (χ1) is 10.2. The maximum Gasteiger partial charge on any atom is 0.248 e. The standard InChI is InChI=1S/C16H23NO4/c1-3-4-7-17(16(18)12-19-2)11-13-5-6-14-15(10-13)21-9-8-20-14/h5-6,10H,3-4,7-9,11-12H2,1-2H3. The summed E-state index contributed by atoms with van der Waals surface area (Å²) >= 11 is 0. The highest BCUT2D eigenvalue weighted by Gasteiger charge is 2.16. The Morgan fingerprint density at radius 3 is 2.76 bits per heavy atom. The molecule has 5 nitrogen and oxygen atoms in total. The van der Waals surface area contributed by atoms with Gasteiger partial charge < -0.3 is 19.1 Å². The van der Waals surface area contributed by atoms with Gasteiger partial charge in [-0.3, -0.25) is 4.79 Å². The van der Waals surface area contributed by atoms with Gasteiger partial charge in [-0.2, -0.15) is 0 Å². The van der Waals surface area contributed by atoms with E-state index >= 15 is 0 Å². The molecule has 2 rings (SSSR count). The monoisotopic (exact) mass is 293 g/mol. The first-order valence-electron chi connectivity index (χ1n) is 7.39. The molecule has 1 amide bonds. The lowest BCUT2D eigenvalue weighted by molar-refractivity contribution is -0.135. The first kappa shape index (κ1) is 15.6. The van der Waals surface area contributed by atoms with Crippen molar-refractivity contribution in [3.63, 3.8) is 0 Å². The van der Waals surface area contributed by atoms with Crippen LogP contribution in [0.2, 0.25) is 0 Å². The highest BCUT2D eigenvalue weighted by Crippen LogP contribution is 2.31. The maximum absolute atomic E-state index is 12.1. The van der Waals surface area contributed by atoms with E-state index in [2.05, 4.69) is 6.92 Å². The molecule has 0 fully saturated rings. The SMILES string of the molecule is CCCCN(Cc1ccc2c(c1)OCCO2)C(=O)COC. The number of rotatable bonds is 7. The molecule has 0 saturated heterocycles. The van der Waals surface area contributed by atoms with Crippen LogP contribution in [0.25, 0.3) is 0 Å². The fourth-order valence-electron chi connectivity index (χ4n) is 2.26. The van der Waals surface area contributed by atoms with Crippen molar-refractivity contribution in [1.82, 2.24) is 4.90 Å². The molecule has 116 valence electrons. The van der Waals surface area contributed by atoms with Crippen molar-refractivity contribution in [2.45, 2.75) is 26.3 Å². The summed E-state index contributed by atoms with van der Waals surface area (Å²) < 4.78 is 16.0. The Kier molecular flexibility index (Phi) is 5.87. The molecule has 1 aromatic rings. The Morgan fingerprint density at radius 1 is 1.29 bits per heavy atom. The molecule has 1 aromatic carbocycles. The van der Waals surface area contributed by atoms with Crippen molar-refractivity contribution in [1.29, 1.82) is 0 Å². The maximum atomic E-state index is 12.1. The van der Waals surface area contributed by atoms with Crippen LogP contribution in [0.15, 0.2) is 18.2 Å². The summed E-state index contributed by atoms with van der Waals surface area (Å²) in [5.41, 5.74) is 1.04. The van der Waals surface area contributed by atoms with Crippen LogP contribution in [0.4, 0.5) is 0 Å². The number of amides is 1. The van der Waals surface area contributed by atoms with Gasteiger partial charge in [0.15, 0.2) is 11.5 Å². The molecular formula is C16H23NO4. The largest absolute Gasteiger partial charge is 0.486 e. The number of ether oxygens (including phenoxy) is 3. The molecule has 0 aromatic heterocycles. The topological polar surface area (TPSA) is 48.0 Å². The zero-order valence-corrected chi connectivity index (χ0v) is 12.8. The molecule has 1 aliphatic rings. The normalized spacial score (nSPS) is 13.0. The van der Waals surface area contributed by atoms with Gasteiger partial charge in [0, 0.05) is 20.2 Å². The molecule has 0 bridgehead atoms. The van der Waals surface area contributed by atoms with Crippen molar-refractivity contribution in [3.05, 3.63) is 23.8 Å². The van der Waals surface area contributed by atoms with Crippen LogP contribution in [0, 0.1) is 0 Å². The van der Waals surface area contributed by atoms with Gasteiger partial charge in [-0.05, 0) is 24.1 Å². The van der Waals surface area contributed by atoms with E-state index in [1.807, 2.05) is 23.1 Å². The molecule has 5 heteroatoms. The second kappa shape index (κ2) is 7.88. The van der Waals surface area contributed by atoms with Gasteiger partial charge in [0.25, 0.3) is 0 Å². The molecule has 0 radical (unpaired) electrons. The van der Waals surface area contributed by atoms with Crippen LogP contribution in [-0.2, 0) is 16.1 Å². The van der Waals surface area contributed by atoms with Crippen molar-refractivity contribution >= 4 is 5.91 Å². The third kappa shape index (κ3) is 4.36. The van der Waals surface area contributed by atoms with Crippen LogP contribution < -0.4 is 9.47 Å². The first-order valence-corrected chi connectivity index (χ1v) is 7.39. The Bertz CT molecular complexity index is 475. The average Bonchev–Trinajstić information content (AvgIpc) is 2.51. The summed E-state index contributed by atoms with van der Waals surface area (Å²) in [6.45, 7) is 4.70. The Balaban J connectivity index is 2.06. The van der Waals surface area contributed by atoms with Crippen molar-refractivity contribution in [2.24, 2.45) is 0 Å². The number of carbonyl (C=O) groups is 1. The quantitative estimate of drug-likeness (QED) is 0.773. The van der Waals surface area contributed by atoms with Gasteiger partial charge >= 0.3 is 0 Å². The summed E-state index contributed by atoms with van der Waals surface area (Å²) in [5.74, 6) is 1.54. The van der Waals surface area contributed by atoms with Crippen LogP contribution in [0.3, 0.4) is 0 Å². The number of hydrogen-bond donors (Lipinski definition) is 0. The van der Waals surface area contributed by atoms with Crippen molar-refractivity contribution < 1.29 is 19.0 Å². The van der Waals surface area contributed by atoms with Gasteiger partial charge in [-0.25, -0.2) is 0 Å². The molecular weight excluding hydrogens is 270 g/mol. The molecule has 0 aliphatic carbocycles. The predicted molar refractivity (Wildman–Crippen MR) is 79.6 cm³/mol. The van der Waals surface area contributed by atoms with Crippen LogP contribution in [0.5, 0.6) is 11.5 Å². The van der Waals surface area contributed by atoms with E-state index < -0.39 is 0 Å².